The van der Waals surface area contributed by atoms with Gasteiger partial charge in [0.2, 0.25) is 11.7 Å². The Morgan fingerprint density at radius 3 is 3.04 bits per heavy atom. The van der Waals surface area contributed by atoms with Crippen molar-refractivity contribution < 1.29 is 8.91 Å². The van der Waals surface area contributed by atoms with Gasteiger partial charge in [-0.1, -0.05) is 17.3 Å². The highest BCUT2D eigenvalue weighted by Crippen LogP contribution is 2.30. The van der Waals surface area contributed by atoms with Crippen molar-refractivity contribution in [3.63, 3.8) is 0 Å². The highest BCUT2D eigenvalue weighted by molar-refractivity contribution is 7.10. The molecule has 1 unspecified atom stereocenters. The first kappa shape index (κ1) is 15.5. The molecule has 124 valence electrons. The summed E-state index contributed by atoms with van der Waals surface area (Å²) in [4.78, 5) is 8.29. The molecule has 4 nitrogen and oxygen atoms in total. The standard InChI is InChI=1S/C18H18FN3OS/c1-11-3-4-13(9-15(11)19)17-20-18(23-21-17)12(2)22-7-5-16-14(10-22)6-8-24-16/h3-4,6,8-9,12H,5,7,10H2,1-2H3. The number of hydrogen-bond acceptors (Lipinski definition) is 5. The van der Waals surface area contributed by atoms with Crippen LogP contribution in [0.3, 0.4) is 0 Å². The maximum Gasteiger partial charge on any atom is 0.244 e. The molecule has 1 aromatic carbocycles. The van der Waals surface area contributed by atoms with E-state index in [1.54, 1.807) is 13.0 Å². The molecule has 1 aliphatic rings. The van der Waals surface area contributed by atoms with Gasteiger partial charge in [-0.15, -0.1) is 11.3 Å². The Labute approximate surface area is 143 Å². The molecule has 0 saturated carbocycles. The minimum absolute atomic E-state index is 0.0367. The number of nitrogens with zero attached hydrogens (tertiary/aromatic N) is 3. The summed E-state index contributed by atoms with van der Waals surface area (Å²) in [6.07, 6.45) is 1.06. The molecule has 1 aliphatic heterocycles. The molecular weight excluding hydrogens is 325 g/mol. The van der Waals surface area contributed by atoms with Crippen molar-refractivity contribution in [1.29, 1.82) is 0 Å². The van der Waals surface area contributed by atoms with Crippen LogP contribution in [0.4, 0.5) is 4.39 Å². The first-order valence-electron chi connectivity index (χ1n) is 8.01. The van der Waals surface area contributed by atoms with Crippen LogP contribution in [0.1, 0.15) is 34.9 Å². The fraction of sp³-hybridized carbons (Fsp3) is 0.333. The van der Waals surface area contributed by atoms with E-state index in [1.165, 1.54) is 16.5 Å². The third kappa shape index (κ3) is 2.76. The van der Waals surface area contributed by atoms with Crippen molar-refractivity contribution in [1.82, 2.24) is 15.0 Å². The Balaban J connectivity index is 1.55. The Kier molecular flexibility index (Phi) is 3.94. The van der Waals surface area contributed by atoms with Crippen LogP contribution in [-0.2, 0) is 13.0 Å². The predicted molar refractivity (Wildman–Crippen MR) is 91.3 cm³/mol. The number of thiophene rings is 1. The van der Waals surface area contributed by atoms with Crippen LogP contribution in [0, 0.1) is 12.7 Å². The van der Waals surface area contributed by atoms with Gasteiger partial charge < -0.3 is 4.52 Å². The van der Waals surface area contributed by atoms with E-state index in [9.17, 15) is 4.39 Å². The average Bonchev–Trinajstić information content (AvgIpc) is 3.25. The second-order valence-corrected chi connectivity index (χ2v) is 7.19. The maximum absolute atomic E-state index is 13.7. The van der Waals surface area contributed by atoms with Crippen molar-refractivity contribution in [2.24, 2.45) is 0 Å². The van der Waals surface area contributed by atoms with Crippen molar-refractivity contribution in [2.75, 3.05) is 6.54 Å². The lowest BCUT2D eigenvalue weighted by Gasteiger charge is -2.30. The van der Waals surface area contributed by atoms with E-state index in [4.69, 9.17) is 4.52 Å². The van der Waals surface area contributed by atoms with Crippen molar-refractivity contribution >= 4 is 11.3 Å². The molecule has 0 bridgehead atoms. The largest absolute Gasteiger partial charge is 0.337 e. The quantitative estimate of drug-likeness (QED) is 0.708. The van der Waals surface area contributed by atoms with Crippen LogP contribution in [0.2, 0.25) is 0 Å². The minimum atomic E-state index is -0.257. The summed E-state index contributed by atoms with van der Waals surface area (Å²) in [7, 11) is 0. The number of hydrogen-bond donors (Lipinski definition) is 0. The molecule has 24 heavy (non-hydrogen) atoms. The lowest BCUT2D eigenvalue weighted by Crippen LogP contribution is -2.32. The Morgan fingerprint density at radius 1 is 1.33 bits per heavy atom. The molecule has 0 radical (unpaired) electrons. The normalized spacial score (nSPS) is 16.1. The van der Waals surface area contributed by atoms with Crippen molar-refractivity contribution in [2.45, 2.75) is 32.9 Å². The lowest BCUT2D eigenvalue weighted by molar-refractivity contribution is 0.159. The summed E-state index contributed by atoms with van der Waals surface area (Å²) in [6, 6.07) is 7.22. The molecule has 2 aromatic heterocycles. The van der Waals surface area contributed by atoms with Crippen LogP contribution in [0.25, 0.3) is 11.4 Å². The summed E-state index contributed by atoms with van der Waals surface area (Å²) >= 11 is 1.83. The molecule has 0 amide bonds. The van der Waals surface area contributed by atoms with Crippen molar-refractivity contribution in [3.8, 4) is 11.4 Å². The van der Waals surface area contributed by atoms with Crippen LogP contribution >= 0.6 is 11.3 Å². The highest BCUT2D eigenvalue weighted by atomic mass is 32.1. The third-order valence-corrected chi connectivity index (χ3v) is 5.64. The van der Waals surface area contributed by atoms with Gasteiger partial charge in [0.15, 0.2) is 0 Å². The van der Waals surface area contributed by atoms with Gasteiger partial charge in [0.05, 0.1) is 6.04 Å². The molecule has 0 N–H and O–H groups in total. The van der Waals surface area contributed by atoms with Gasteiger partial charge in [-0.25, -0.2) is 4.39 Å². The first-order chi connectivity index (χ1) is 11.6. The van der Waals surface area contributed by atoms with E-state index in [0.717, 1.165) is 19.5 Å². The number of halogens is 1. The molecule has 6 heteroatoms. The number of aryl methyl sites for hydroxylation is 1. The third-order valence-electron chi connectivity index (χ3n) is 4.61. The van der Waals surface area contributed by atoms with Gasteiger partial charge in [0, 0.05) is 23.5 Å². The molecule has 0 spiro atoms. The van der Waals surface area contributed by atoms with Crippen molar-refractivity contribution in [3.05, 3.63) is 57.4 Å². The Morgan fingerprint density at radius 2 is 2.21 bits per heavy atom. The second kappa shape index (κ2) is 6.11. The molecule has 0 saturated heterocycles. The van der Waals surface area contributed by atoms with Gasteiger partial charge in [0.1, 0.15) is 5.82 Å². The number of fused-ring (bicyclic) bond motifs is 1. The molecule has 0 fully saturated rings. The highest BCUT2D eigenvalue weighted by Gasteiger charge is 2.26. The smallest absolute Gasteiger partial charge is 0.244 e. The van der Waals surface area contributed by atoms with Gasteiger partial charge in [-0.05, 0) is 48.9 Å². The number of aromatic nitrogens is 2. The molecule has 3 heterocycles. The fourth-order valence-electron chi connectivity index (χ4n) is 3.01. The lowest BCUT2D eigenvalue weighted by atomic mass is 10.1. The van der Waals surface area contributed by atoms with E-state index in [2.05, 4.69) is 33.4 Å². The summed E-state index contributed by atoms with van der Waals surface area (Å²) in [5.74, 6) is 0.751. The zero-order valence-corrected chi connectivity index (χ0v) is 14.4. The van der Waals surface area contributed by atoms with E-state index in [1.807, 2.05) is 17.4 Å². The molecule has 3 aromatic rings. The molecule has 4 rings (SSSR count). The summed E-state index contributed by atoms with van der Waals surface area (Å²) in [5.41, 5.74) is 2.63. The molecule has 1 atom stereocenters. The van der Waals surface area contributed by atoms with Gasteiger partial charge in [0.25, 0.3) is 0 Å². The molecular formula is C18H18FN3OS. The zero-order valence-electron chi connectivity index (χ0n) is 13.6. The van der Waals surface area contributed by atoms with Gasteiger partial charge in [-0.2, -0.15) is 4.98 Å². The fourth-order valence-corrected chi connectivity index (χ4v) is 3.90. The van der Waals surface area contributed by atoms with E-state index in [-0.39, 0.29) is 11.9 Å². The van der Waals surface area contributed by atoms with E-state index < -0.39 is 0 Å². The van der Waals surface area contributed by atoms with Crippen LogP contribution in [-0.4, -0.2) is 21.6 Å². The monoisotopic (exact) mass is 343 g/mol. The van der Waals surface area contributed by atoms with Crippen LogP contribution in [0.15, 0.2) is 34.2 Å². The first-order valence-corrected chi connectivity index (χ1v) is 8.89. The SMILES string of the molecule is Cc1ccc(-c2noc(C(C)N3CCc4sccc4C3)n2)cc1F. The van der Waals surface area contributed by atoms with Crippen LogP contribution in [0.5, 0.6) is 0 Å². The van der Waals surface area contributed by atoms with Gasteiger partial charge in [-0.3, -0.25) is 4.90 Å². The summed E-state index contributed by atoms with van der Waals surface area (Å²) in [5, 5.41) is 6.18. The Bertz CT molecular complexity index is 873. The Hall–Kier alpha value is -2.05. The summed E-state index contributed by atoms with van der Waals surface area (Å²) < 4.78 is 19.2. The predicted octanol–water partition coefficient (Wildman–Crippen LogP) is 4.36. The summed E-state index contributed by atoms with van der Waals surface area (Å²) in [6.45, 7) is 5.69. The number of rotatable bonds is 3. The van der Waals surface area contributed by atoms with E-state index >= 15 is 0 Å². The number of benzene rings is 1. The maximum atomic E-state index is 13.7. The second-order valence-electron chi connectivity index (χ2n) is 6.19. The van der Waals surface area contributed by atoms with Crippen LogP contribution < -0.4 is 0 Å². The minimum Gasteiger partial charge on any atom is -0.337 e. The topological polar surface area (TPSA) is 42.2 Å². The molecule has 0 aliphatic carbocycles. The van der Waals surface area contributed by atoms with E-state index in [0.29, 0.717) is 22.8 Å². The van der Waals surface area contributed by atoms with Gasteiger partial charge >= 0.3 is 0 Å². The zero-order chi connectivity index (χ0) is 16.7. The average molecular weight is 343 g/mol.